The lowest BCUT2D eigenvalue weighted by molar-refractivity contribution is 0.126. The van der Waals surface area contributed by atoms with Crippen LogP contribution in [0.4, 0.5) is 0 Å². The van der Waals surface area contributed by atoms with Gasteiger partial charge in [0.1, 0.15) is 5.75 Å². The molecule has 0 saturated carbocycles. The van der Waals surface area contributed by atoms with Gasteiger partial charge < -0.3 is 15.2 Å². The molecule has 3 unspecified atom stereocenters. The van der Waals surface area contributed by atoms with Crippen molar-refractivity contribution in [2.45, 2.75) is 30.7 Å². The second-order valence-corrected chi connectivity index (χ2v) is 7.38. The minimum absolute atomic E-state index is 0.0709. The van der Waals surface area contributed by atoms with Gasteiger partial charge in [-0.25, -0.2) is 8.42 Å². The van der Waals surface area contributed by atoms with Gasteiger partial charge in [0.2, 0.25) is 0 Å². The highest BCUT2D eigenvalue weighted by atomic mass is 32.2. The molecule has 0 bridgehead atoms. The van der Waals surface area contributed by atoms with E-state index in [1.807, 2.05) is 12.1 Å². The number of hydrogen-bond acceptors (Lipinski definition) is 5. The van der Waals surface area contributed by atoms with Crippen molar-refractivity contribution in [3.63, 3.8) is 0 Å². The first-order chi connectivity index (χ1) is 9.44. The van der Waals surface area contributed by atoms with Gasteiger partial charge in [-0.05, 0) is 31.0 Å². The molecule has 3 atom stereocenters. The lowest BCUT2D eigenvalue weighted by atomic mass is 10.1. The largest absolute Gasteiger partial charge is 0.497 e. The Hall–Kier alpha value is -1.11. The zero-order valence-corrected chi connectivity index (χ0v) is 12.6. The van der Waals surface area contributed by atoms with Crippen LogP contribution in [0, 0.1) is 0 Å². The van der Waals surface area contributed by atoms with E-state index in [-0.39, 0.29) is 11.9 Å². The third-order valence-electron chi connectivity index (χ3n) is 3.70. The van der Waals surface area contributed by atoms with Gasteiger partial charge in [-0.1, -0.05) is 12.1 Å². The molecule has 0 spiro atoms. The van der Waals surface area contributed by atoms with Gasteiger partial charge in [-0.3, -0.25) is 0 Å². The molecule has 20 heavy (non-hydrogen) atoms. The van der Waals surface area contributed by atoms with Crippen LogP contribution < -0.4 is 10.5 Å². The summed E-state index contributed by atoms with van der Waals surface area (Å²) in [5.41, 5.74) is 6.81. The Morgan fingerprint density at radius 1 is 1.50 bits per heavy atom. The maximum absolute atomic E-state index is 12.4. The summed E-state index contributed by atoms with van der Waals surface area (Å²) in [5.74, 6) is 0.603. The molecular formula is C14H21NO4S. The van der Waals surface area contributed by atoms with Crippen molar-refractivity contribution in [1.82, 2.24) is 0 Å². The van der Waals surface area contributed by atoms with Gasteiger partial charge in [0, 0.05) is 12.6 Å². The molecule has 1 aromatic rings. The number of methoxy groups -OCH3 is 1. The first-order valence-corrected chi connectivity index (χ1v) is 8.38. The van der Waals surface area contributed by atoms with Gasteiger partial charge >= 0.3 is 0 Å². The average Bonchev–Trinajstić information content (AvgIpc) is 2.85. The summed E-state index contributed by atoms with van der Waals surface area (Å²) in [6.45, 7) is 2.30. The van der Waals surface area contributed by atoms with E-state index in [4.69, 9.17) is 15.2 Å². The standard InChI is InChI=1S/C14H21NO4S/c1-10-14(6-7-19-10)20(16,17)9-13(15)11-4-3-5-12(8-11)18-2/h3-5,8,10,13-14H,6-7,9,15H2,1-2H3. The van der Waals surface area contributed by atoms with Crippen molar-refractivity contribution in [2.75, 3.05) is 19.5 Å². The highest BCUT2D eigenvalue weighted by molar-refractivity contribution is 7.92. The molecule has 0 aromatic heterocycles. The third-order valence-corrected chi connectivity index (χ3v) is 6.07. The zero-order chi connectivity index (χ0) is 14.8. The van der Waals surface area contributed by atoms with Gasteiger partial charge in [-0.2, -0.15) is 0 Å². The lowest BCUT2D eigenvalue weighted by Gasteiger charge is -2.19. The normalized spacial score (nSPS) is 24.6. The van der Waals surface area contributed by atoms with Crippen molar-refractivity contribution < 1.29 is 17.9 Å². The molecule has 1 aromatic carbocycles. The number of hydrogen-bond donors (Lipinski definition) is 1. The van der Waals surface area contributed by atoms with Crippen LogP contribution in [0.3, 0.4) is 0 Å². The van der Waals surface area contributed by atoms with E-state index in [9.17, 15) is 8.42 Å². The summed E-state index contributed by atoms with van der Waals surface area (Å²) in [7, 11) is -1.70. The van der Waals surface area contributed by atoms with Crippen molar-refractivity contribution in [3.05, 3.63) is 29.8 Å². The van der Waals surface area contributed by atoms with E-state index in [1.165, 1.54) is 0 Å². The van der Waals surface area contributed by atoms with Gasteiger partial charge in [-0.15, -0.1) is 0 Å². The molecule has 112 valence electrons. The highest BCUT2D eigenvalue weighted by Crippen LogP contribution is 2.25. The molecule has 1 aliphatic rings. The zero-order valence-electron chi connectivity index (χ0n) is 11.8. The van der Waals surface area contributed by atoms with Crippen LogP contribution in [0.1, 0.15) is 24.9 Å². The minimum Gasteiger partial charge on any atom is -0.497 e. The van der Waals surface area contributed by atoms with Crippen LogP contribution in [-0.2, 0) is 14.6 Å². The Bertz CT molecular complexity index is 558. The second kappa shape index (κ2) is 6.11. The van der Waals surface area contributed by atoms with E-state index in [2.05, 4.69) is 0 Å². The molecule has 0 aliphatic carbocycles. The summed E-state index contributed by atoms with van der Waals surface area (Å²) in [5, 5.41) is -0.445. The molecule has 1 heterocycles. The van der Waals surface area contributed by atoms with Crippen LogP contribution in [0.5, 0.6) is 5.75 Å². The van der Waals surface area contributed by atoms with Crippen LogP contribution in [-0.4, -0.2) is 39.2 Å². The molecule has 0 amide bonds. The predicted molar refractivity (Wildman–Crippen MR) is 77.5 cm³/mol. The number of benzene rings is 1. The molecule has 5 nitrogen and oxygen atoms in total. The van der Waals surface area contributed by atoms with E-state index in [0.717, 1.165) is 5.56 Å². The van der Waals surface area contributed by atoms with E-state index >= 15 is 0 Å². The third kappa shape index (κ3) is 3.31. The van der Waals surface area contributed by atoms with Gasteiger partial charge in [0.25, 0.3) is 0 Å². The highest BCUT2D eigenvalue weighted by Gasteiger charge is 2.36. The van der Waals surface area contributed by atoms with Gasteiger partial charge in [0.15, 0.2) is 9.84 Å². The molecule has 2 rings (SSSR count). The van der Waals surface area contributed by atoms with Crippen LogP contribution in [0.15, 0.2) is 24.3 Å². The first-order valence-electron chi connectivity index (χ1n) is 6.67. The maximum atomic E-state index is 12.4. The van der Waals surface area contributed by atoms with Crippen LogP contribution >= 0.6 is 0 Å². The number of rotatable bonds is 5. The SMILES string of the molecule is COc1cccc(C(N)CS(=O)(=O)C2CCOC2C)c1. The smallest absolute Gasteiger partial charge is 0.157 e. The second-order valence-electron chi connectivity index (χ2n) is 5.12. The molecular weight excluding hydrogens is 278 g/mol. The average molecular weight is 299 g/mol. The number of sulfone groups is 1. The number of nitrogens with two attached hydrogens (primary N) is 1. The number of ether oxygens (including phenoxy) is 2. The molecule has 1 fully saturated rings. The van der Waals surface area contributed by atoms with Crippen molar-refractivity contribution >= 4 is 9.84 Å². The van der Waals surface area contributed by atoms with Gasteiger partial charge in [0.05, 0.1) is 24.2 Å². The maximum Gasteiger partial charge on any atom is 0.157 e. The summed E-state index contributed by atoms with van der Waals surface area (Å²) < 4.78 is 35.2. The molecule has 6 heteroatoms. The van der Waals surface area contributed by atoms with Crippen LogP contribution in [0.2, 0.25) is 0 Å². The quantitative estimate of drug-likeness (QED) is 0.886. The summed E-state index contributed by atoms with van der Waals surface area (Å²) >= 11 is 0. The summed E-state index contributed by atoms with van der Waals surface area (Å²) in [4.78, 5) is 0. The van der Waals surface area contributed by atoms with Crippen molar-refractivity contribution in [3.8, 4) is 5.75 Å². The Morgan fingerprint density at radius 2 is 2.25 bits per heavy atom. The van der Waals surface area contributed by atoms with Crippen LogP contribution in [0.25, 0.3) is 0 Å². The van der Waals surface area contributed by atoms with Crippen molar-refractivity contribution in [1.29, 1.82) is 0 Å². The van der Waals surface area contributed by atoms with Crippen molar-refractivity contribution in [2.24, 2.45) is 5.73 Å². The molecule has 1 aliphatic heterocycles. The summed E-state index contributed by atoms with van der Waals surface area (Å²) in [6.07, 6.45) is 0.298. The molecule has 1 saturated heterocycles. The van der Waals surface area contributed by atoms with E-state index in [1.54, 1.807) is 26.2 Å². The lowest BCUT2D eigenvalue weighted by Crippen LogP contribution is -2.34. The first kappa shape index (κ1) is 15.3. The monoisotopic (exact) mass is 299 g/mol. The fourth-order valence-electron chi connectivity index (χ4n) is 2.53. The molecule has 0 radical (unpaired) electrons. The minimum atomic E-state index is -3.27. The van der Waals surface area contributed by atoms with E-state index in [0.29, 0.717) is 18.8 Å². The molecule has 2 N–H and O–H groups in total. The Kier molecular flexibility index (Phi) is 4.67. The fraction of sp³-hybridized carbons (Fsp3) is 0.571. The summed E-state index contributed by atoms with van der Waals surface area (Å²) in [6, 6.07) is 6.65. The fourth-order valence-corrected chi connectivity index (χ4v) is 4.58. The Balaban J connectivity index is 2.12. The topological polar surface area (TPSA) is 78.6 Å². The Morgan fingerprint density at radius 3 is 2.85 bits per heavy atom. The van der Waals surface area contributed by atoms with E-state index < -0.39 is 21.1 Å². The predicted octanol–water partition coefficient (Wildman–Crippen LogP) is 1.29. The Labute approximate surface area is 120 Å².